The molecular weight excluding hydrogens is 138 g/mol. The van der Waals surface area contributed by atoms with Gasteiger partial charge in [-0.2, -0.15) is 0 Å². The first-order valence-corrected chi connectivity index (χ1v) is 3.61. The normalized spacial score (nSPS) is 9.91. The number of hydrogen-bond acceptors (Lipinski definition) is 2. The van der Waals surface area contributed by atoms with Gasteiger partial charge in [-0.25, -0.2) is 0 Å². The monoisotopic (exact) mass is 153 g/mol. The van der Waals surface area contributed by atoms with Crippen molar-refractivity contribution in [2.45, 2.75) is 13.3 Å². The number of hydrogen-bond donors (Lipinski definition) is 1. The molecule has 0 saturated carbocycles. The van der Waals surface area contributed by atoms with Crippen LogP contribution in [-0.4, -0.2) is 6.61 Å². The van der Waals surface area contributed by atoms with E-state index in [1.165, 1.54) is 0 Å². The minimum atomic E-state index is 0.506. The SMILES string of the molecule is C=C(N)/C=C\C(=C)OCCC. The zero-order valence-corrected chi connectivity index (χ0v) is 6.97. The summed E-state index contributed by atoms with van der Waals surface area (Å²) in [6, 6.07) is 0. The molecule has 11 heavy (non-hydrogen) atoms. The highest BCUT2D eigenvalue weighted by Gasteiger charge is 1.85. The smallest absolute Gasteiger partial charge is 0.112 e. The summed E-state index contributed by atoms with van der Waals surface area (Å²) >= 11 is 0. The Hall–Kier alpha value is -1.18. The summed E-state index contributed by atoms with van der Waals surface area (Å²) in [7, 11) is 0. The van der Waals surface area contributed by atoms with Gasteiger partial charge in [0, 0.05) is 5.70 Å². The molecule has 0 unspecified atom stereocenters. The van der Waals surface area contributed by atoms with Crippen LogP contribution in [0.15, 0.2) is 36.8 Å². The van der Waals surface area contributed by atoms with E-state index in [0.29, 0.717) is 18.1 Å². The Morgan fingerprint density at radius 1 is 1.45 bits per heavy atom. The first-order valence-electron chi connectivity index (χ1n) is 3.61. The molecule has 0 heterocycles. The van der Waals surface area contributed by atoms with Gasteiger partial charge in [0.05, 0.1) is 6.61 Å². The van der Waals surface area contributed by atoms with Crippen molar-refractivity contribution < 1.29 is 4.74 Å². The van der Waals surface area contributed by atoms with Crippen LogP contribution in [0.3, 0.4) is 0 Å². The van der Waals surface area contributed by atoms with E-state index in [4.69, 9.17) is 10.5 Å². The topological polar surface area (TPSA) is 35.2 Å². The standard InChI is InChI=1S/C9H15NO/c1-4-7-11-9(3)6-5-8(2)10/h5-6H,2-4,7,10H2,1H3/b6-5-. The van der Waals surface area contributed by atoms with E-state index < -0.39 is 0 Å². The molecule has 0 aromatic rings. The first-order chi connectivity index (χ1) is 5.16. The van der Waals surface area contributed by atoms with Gasteiger partial charge in [0.1, 0.15) is 5.76 Å². The molecule has 2 heteroatoms. The van der Waals surface area contributed by atoms with Crippen LogP contribution in [0.1, 0.15) is 13.3 Å². The Balaban J connectivity index is 3.60. The summed E-state index contributed by atoms with van der Waals surface area (Å²) in [4.78, 5) is 0. The lowest BCUT2D eigenvalue weighted by Crippen LogP contribution is -1.92. The summed E-state index contributed by atoms with van der Waals surface area (Å²) in [5, 5.41) is 0. The van der Waals surface area contributed by atoms with Crippen molar-refractivity contribution in [2.75, 3.05) is 6.61 Å². The van der Waals surface area contributed by atoms with E-state index in [2.05, 4.69) is 13.2 Å². The van der Waals surface area contributed by atoms with Crippen LogP contribution in [0.4, 0.5) is 0 Å². The second kappa shape index (κ2) is 5.59. The zero-order chi connectivity index (χ0) is 8.69. The molecule has 0 aromatic carbocycles. The molecule has 62 valence electrons. The van der Waals surface area contributed by atoms with Crippen LogP contribution in [0.5, 0.6) is 0 Å². The van der Waals surface area contributed by atoms with Crippen LogP contribution >= 0.6 is 0 Å². The fourth-order valence-corrected chi connectivity index (χ4v) is 0.481. The van der Waals surface area contributed by atoms with Gasteiger partial charge in [0.2, 0.25) is 0 Å². The average Bonchev–Trinajstić information content (AvgIpc) is 1.97. The van der Waals surface area contributed by atoms with E-state index in [0.717, 1.165) is 6.42 Å². The maximum Gasteiger partial charge on any atom is 0.112 e. The van der Waals surface area contributed by atoms with Gasteiger partial charge in [0.25, 0.3) is 0 Å². The van der Waals surface area contributed by atoms with E-state index >= 15 is 0 Å². The molecule has 0 fully saturated rings. The second-order valence-electron chi connectivity index (χ2n) is 2.22. The van der Waals surface area contributed by atoms with Gasteiger partial charge in [0.15, 0.2) is 0 Å². The van der Waals surface area contributed by atoms with Crippen LogP contribution in [0.2, 0.25) is 0 Å². The largest absolute Gasteiger partial charge is 0.494 e. The molecule has 2 nitrogen and oxygen atoms in total. The Labute approximate surface area is 68.0 Å². The van der Waals surface area contributed by atoms with E-state index in [-0.39, 0.29) is 0 Å². The predicted octanol–water partition coefficient (Wildman–Crippen LogP) is 1.96. The fourth-order valence-electron chi connectivity index (χ4n) is 0.481. The van der Waals surface area contributed by atoms with Crippen molar-refractivity contribution in [3.63, 3.8) is 0 Å². The molecule has 0 aliphatic carbocycles. The third-order valence-corrected chi connectivity index (χ3v) is 0.975. The predicted molar refractivity (Wildman–Crippen MR) is 47.9 cm³/mol. The lowest BCUT2D eigenvalue weighted by Gasteiger charge is -2.01. The van der Waals surface area contributed by atoms with Crippen molar-refractivity contribution in [1.29, 1.82) is 0 Å². The average molecular weight is 153 g/mol. The second-order valence-corrected chi connectivity index (χ2v) is 2.22. The van der Waals surface area contributed by atoms with E-state index in [1.807, 2.05) is 6.92 Å². The molecule has 0 rings (SSSR count). The van der Waals surface area contributed by atoms with E-state index in [9.17, 15) is 0 Å². The van der Waals surface area contributed by atoms with Gasteiger partial charge in [-0.3, -0.25) is 0 Å². The van der Waals surface area contributed by atoms with E-state index in [1.54, 1.807) is 12.2 Å². The number of allylic oxidation sites excluding steroid dienone is 2. The maximum atomic E-state index is 5.29. The molecule has 0 aromatic heterocycles. The highest BCUT2D eigenvalue weighted by molar-refractivity contribution is 5.18. The Morgan fingerprint density at radius 2 is 2.09 bits per heavy atom. The molecule has 0 spiro atoms. The molecule has 0 aliphatic rings. The minimum absolute atomic E-state index is 0.506. The van der Waals surface area contributed by atoms with Crippen LogP contribution in [-0.2, 0) is 4.74 Å². The quantitative estimate of drug-likeness (QED) is 0.484. The lowest BCUT2D eigenvalue weighted by atomic mass is 10.4. The molecule has 0 saturated heterocycles. The third-order valence-electron chi connectivity index (χ3n) is 0.975. The zero-order valence-electron chi connectivity index (χ0n) is 6.97. The minimum Gasteiger partial charge on any atom is -0.494 e. The summed E-state index contributed by atoms with van der Waals surface area (Å²) in [5.74, 6) is 0.624. The molecule has 2 N–H and O–H groups in total. The van der Waals surface area contributed by atoms with Crippen molar-refractivity contribution in [3.05, 3.63) is 36.8 Å². The van der Waals surface area contributed by atoms with Crippen molar-refractivity contribution >= 4 is 0 Å². The van der Waals surface area contributed by atoms with Gasteiger partial charge in [-0.05, 0) is 18.6 Å². The molecular formula is C9H15NO. The third kappa shape index (κ3) is 6.71. The van der Waals surface area contributed by atoms with Crippen LogP contribution in [0.25, 0.3) is 0 Å². The highest BCUT2D eigenvalue weighted by atomic mass is 16.5. The molecule has 0 radical (unpaired) electrons. The van der Waals surface area contributed by atoms with Crippen LogP contribution < -0.4 is 5.73 Å². The summed E-state index contributed by atoms with van der Waals surface area (Å²) < 4.78 is 5.16. The van der Waals surface area contributed by atoms with Gasteiger partial charge >= 0.3 is 0 Å². The summed E-state index contributed by atoms with van der Waals surface area (Å²) in [5.41, 5.74) is 5.80. The summed E-state index contributed by atoms with van der Waals surface area (Å²) in [6.07, 6.45) is 4.35. The fraction of sp³-hybridized carbons (Fsp3) is 0.333. The highest BCUT2D eigenvalue weighted by Crippen LogP contribution is 1.97. The summed E-state index contributed by atoms with van der Waals surface area (Å²) in [6.45, 7) is 9.90. The number of nitrogens with two attached hydrogens (primary N) is 1. The Morgan fingerprint density at radius 3 is 2.55 bits per heavy atom. The van der Waals surface area contributed by atoms with Crippen LogP contribution in [0, 0.1) is 0 Å². The number of ether oxygens (including phenoxy) is 1. The van der Waals surface area contributed by atoms with Crippen molar-refractivity contribution in [1.82, 2.24) is 0 Å². The molecule has 0 atom stereocenters. The molecule has 0 amide bonds. The van der Waals surface area contributed by atoms with Gasteiger partial charge < -0.3 is 10.5 Å². The Bertz CT molecular complexity index is 170. The van der Waals surface area contributed by atoms with Crippen molar-refractivity contribution in [3.8, 4) is 0 Å². The molecule has 0 aliphatic heterocycles. The lowest BCUT2D eigenvalue weighted by molar-refractivity contribution is 0.226. The number of rotatable bonds is 5. The first kappa shape index (κ1) is 9.82. The van der Waals surface area contributed by atoms with Crippen molar-refractivity contribution in [2.24, 2.45) is 5.73 Å². The molecule has 0 bridgehead atoms. The Kier molecular flexibility index (Phi) is 4.99. The maximum absolute atomic E-state index is 5.29. The van der Waals surface area contributed by atoms with Gasteiger partial charge in [-0.15, -0.1) is 0 Å². The van der Waals surface area contributed by atoms with Gasteiger partial charge in [-0.1, -0.05) is 20.1 Å².